The molecule has 0 radical (unpaired) electrons. The van der Waals surface area contributed by atoms with E-state index in [9.17, 15) is 0 Å². The predicted molar refractivity (Wildman–Crippen MR) is 137 cm³/mol. The summed E-state index contributed by atoms with van der Waals surface area (Å²) in [6, 6.07) is 0. The van der Waals surface area contributed by atoms with Crippen molar-refractivity contribution in [3.05, 3.63) is 56.8 Å². The van der Waals surface area contributed by atoms with Gasteiger partial charge < -0.3 is 9.96 Å². The summed E-state index contributed by atoms with van der Waals surface area (Å²) in [4.78, 5) is 9.91. The number of allylic oxidation sites excluding steroid dienone is 8. The zero-order valence-corrected chi connectivity index (χ0v) is 24.8. The van der Waals surface area contributed by atoms with Gasteiger partial charge in [-0.15, -0.1) is 11.1 Å². The van der Waals surface area contributed by atoms with Gasteiger partial charge in [-0.3, -0.25) is 0 Å². The fourth-order valence-corrected chi connectivity index (χ4v) is 9.51. The van der Waals surface area contributed by atoms with Gasteiger partial charge in [0, 0.05) is 0 Å². The van der Waals surface area contributed by atoms with Crippen LogP contribution in [0.3, 0.4) is 0 Å². The van der Waals surface area contributed by atoms with E-state index in [2.05, 4.69) is 115 Å². The van der Waals surface area contributed by atoms with Gasteiger partial charge in [0.05, 0.1) is 0 Å². The van der Waals surface area contributed by atoms with Crippen molar-refractivity contribution in [3.8, 4) is 0 Å². The molecule has 29 heavy (non-hydrogen) atoms. The first kappa shape index (κ1) is 29.0. The number of hydrogen-bond acceptors (Lipinski definition) is 0. The molecule has 0 spiro atoms. The van der Waals surface area contributed by atoms with Crippen molar-refractivity contribution in [1.82, 2.24) is 0 Å². The zero-order chi connectivity index (χ0) is 22.9. The molecule has 0 fully saturated rings. The standard InChI is InChI=1S/2C11H20NSi.2CH3.Ti/c2*1-11(2,3)12-13(4,5)10-8-6-7-9-10;;;/h2*6-8H,9H2,1-5H3;2*1H3;/q2*-1;;;+2. The first-order valence-corrected chi connectivity index (χ1v) is 19.8. The van der Waals surface area contributed by atoms with Gasteiger partial charge in [-0.25, -0.2) is 0 Å². The van der Waals surface area contributed by atoms with Gasteiger partial charge in [-0.1, -0.05) is 115 Å². The van der Waals surface area contributed by atoms with E-state index in [1.54, 1.807) is 10.4 Å². The average molecular weight is 467 g/mol. The van der Waals surface area contributed by atoms with Crippen LogP contribution < -0.4 is 0 Å². The normalized spacial score (nSPS) is 16.3. The SMILES string of the molecule is CC(C)(C)[N-][Si](C)(C)C1=CC=CC1.CC(C)(C)[N-][Si](C)(C)C1=CC=CC1.[CH3][Ti+2][CH3]. The van der Waals surface area contributed by atoms with Crippen molar-refractivity contribution < 1.29 is 19.2 Å². The zero-order valence-electron chi connectivity index (χ0n) is 21.3. The maximum absolute atomic E-state index is 4.95. The summed E-state index contributed by atoms with van der Waals surface area (Å²) in [5, 5.41) is 7.62. The van der Waals surface area contributed by atoms with Crippen LogP contribution in [0.5, 0.6) is 0 Å². The Labute approximate surface area is 193 Å². The van der Waals surface area contributed by atoms with Crippen molar-refractivity contribution in [2.45, 2.75) is 102 Å². The molecule has 0 saturated heterocycles. The molecule has 0 aromatic heterocycles. The van der Waals surface area contributed by atoms with Gasteiger partial charge in [0.2, 0.25) is 0 Å². The molecule has 2 rings (SSSR count). The van der Waals surface area contributed by atoms with Crippen LogP contribution in [0.4, 0.5) is 0 Å². The average Bonchev–Trinajstić information content (AvgIpc) is 3.19. The van der Waals surface area contributed by atoms with E-state index >= 15 is 0 Å². The Hall–Kier alpha value is 0.0281. The molecule has 0 bridgehead atoms. The fourth-order valence-electron chi connectivity index (χ4n) is 3.62. The first-order valence-electron chi connectivity index (χ1n) is 10.8. The molecule has 0 aromatic carbocycles. The third-order valence-electron chi connectivity index (χ3n) is 4.34. The molecule has 0 atom stereocenters. The molecule has 0 heterocycles. The second kappa shape index (κ2) is 12.2. The second-order valence-corrected chi connectivity index (χ2v) is 20.4. The Bertz CT molecular complexity index is 562. The molecule has 0 aromatic rings. The van der Waals surface area contributed by atoms with E-state index in [0.717, 1.165) is 12.8 Å². The van der Waals surface area contributed by atoms with Crippen molar-refractivity contribution in [1.29, 1.82) is 0 Å². The van der Waals surface area contributed by atoms with E-state index in [0.29, 0.717) is 19.2 Å². The summed E-state index contributed by atoms with van der Waals surface area (Å²) >= 11 is 0.500. The molecule has 2 aliphatic rings. The molecule has 2 aliphatic carbocycles. The minimum absolute atomic E-state index is 0.110. The molecular formula is C24H46N2Si2Ti. The number of rotatable bonds is 4. The van der Waals surface area contributed by atoms with E-state index < -0.39 is 16.5 Å². The number of hydrogen-bond donors (Lipinski definition) is 0. The third-order valence-corrected chi connectivity index (χ3v) is 10.7. The van der Waals surface area contributed by atoms with E-state index in [4.69, 9.17) is 9.96 Å². The maximum atomic E-state index is 4.95. The summed E-state index contributed by atoms with van der Waals surface area (Å²) in [6.07, 6.45) is 15.5. The third kappa shape index (κ3) is 13.1. The molecule has 0 saturated carbocycles. The van der Waals surface area contributed by atoms with Crippen LogP contribution in [0.1, 0.15) is 54.4 Å². The summed E-state index contributed by atoms with van der Waals surface area (Å²) < 4.78 is 0. The summed E-state index contributed by atoms with van der Waals surface area (Å²) in [5.74, 6) is 0. The Morgan fingerprint density at radius 1 is 0.690 bits per heavy atom. The van der Waals surface area contributed by atoms with Crippen molar-refractivity contribution in [2.24, 2.45) is 0 Å². The molecular weight excluding hydrogens is 420 g/mol. The topological polar surface area (TPSA) is 28.2 Å². The minimum atomic E-state index is -1.48. The van der Waals surface area contributed by atoms with Crippen molar-refractivity contribution in [2.75, 3.05) is 0 Å². The van der Waals surface area contributed by atoms with Gasteiger partial charge in [-0.05, 0) is 29.3 Å². The molecule has 5 heteroatoms. The van der Waals surface area contributed by atoms with E-state index in [1.165, 1.54) is 0 Å². The predicted octanol–water partition coefficient (Wildman–Crippen LogP) is 8.74. The molecule has 0 aliphatic heterocycles. The van der Waals surface area contributed by atoms with Gasteiger partial charge in [0.15, 0.2) is 0 Å². The van der Waals surface area contributed by atoms with Crippen molar-refractivity contribution in [3.63, 3.8) is 0 Å². The summed E-state index contributed by atoms with van der Waals surface area (Å²) in [6.45, 7) is 22.4. The van der Waals surface area contributed by atoms with Crippen molar-refractivity contribution >= 4 is 16.5 Å². The van der Waals surface area contributed by atoms with Gasteiger partial charge in [0.1, 0.15) is 0 Å². The quantitative estimate of drug-likeness (QED) is 0.371. The molecule has 0 amide bonds. The monoisotopic (exact) mass is 466 g/mol. The Balaban J connectivity index is 0.000000477. The van der Waals surface area contributed by atoms with Gasteiger partial charge >= 0.3 is 29.6 Å². The van der Waals surface area contributed by atoms with Gasteiger partial charge in [0.25, 0.3) is 0 Å². The fraction of sp³-hybridized carbons (Fsp3) is 0.667. The van der Waals surface area contributed by atoms with Crippen LogP contribution in [0.15, 0.2) is 46.8 Å². The van der Waals surface area contributed by atoms with Crippen LogP contribution in [-0.4, -0.2) is 27.5 Å². The summed E-state index contributed by atoms with van der Waals surface area (Å²) in [5.41, 5.74) is 0.221. The van der Waals surface area contributed by atoms with Crippen LogP contribution in [-0.2, 0) is 19.2 Å². The molecule has 2 nitrogen and oxygen atoms in total. The van der Waals surface area contributed by atoms with E-state index in [1.807, 2.05) is 0 Å². The first-order chi connectivity index (χ1) is 13.0. The Kier molecular flexibility index (Phi) is 12.2. The Morgan fingerprint density at radius 3 is 1.14 bits per heavy atom. The van der Waals surface area contributed by atoms with E-state index in [-0.39, 0.29) is 11.1 Å². The second-order valence-electron chi connectivity index (χ2n) is 10.8. The van der Waals surface area contributed by atoms with Gasteiger partial charge in [-0.2, -0.15) is 0 Å². The Morgan fingerprint density at radius 2 is 0.966 bits per heavy atom. The molecule has 164 valence electrons. The van der Waals surface area contributed by atoms with Crippen LogP contribution in [0.25, 0.3) is 9.96 Å². The molecule has 0 unspecified atom stereocenters. The van der Waals surface area contributed by atoms with Crippen LogP contribution >= 0.6 is 0 Å². The van der Waals surface area contributed by atoms with Crippen LogP contribution in [0.2, 0.25) is 36.6 Å². The summed E-state index contributed by atoms with van der Waals surface area (Å²) in [7, 11) is -2.96. The number of nitrogens with zero attached hydrogens (tertiary/aromatic N) is 2. The van der Waals surface area contributed by atoms with Crippen LogP contribution in [0, 0.1) is 0 Å². The molecule has 0 N–H and O–H groups in total.